The van der Waals surface area contributed by atoms with E-state index in [1.807, 2.05) is 13.0 Å². The van der Waals surface area contributed by atoms with Crippen LogP contribution in [0, 0.1) is 0 Å². The van der Waals surface area contributed by atoms with Crippen molar-refractivity contribution < 1.29 is 13.2 Å². The first-order valence-electron chi connectivity index (χ1n) is 10.2. The van der Waals surface area contributed by atoms with Crippen molar-refractivity contribution in [2.24, 2.45) is 0 Å². The van der Waals surface area contributed by atoms with Gasteiger partial charge < -0.3 is 5.32 Å². The first kappa shape index (κ1) is 21.0. The molecular weight excluding hydrogens is 374 g/mol. The molecule has 7 heteroatoms. The quantitative estimate of drug-likeness (QED) is 0.707. The van der Waals surface area contributed by atoms with Gasteiger partial charge in [0, 0.05) is 32.7 Å². The topological polar surface area (TPSA) is 69.7 Å². The Morgan fingerprint density at radius 2 is 1.82 bits per heavy atom. The van der Waals surface area contributed by atoms with Crippen molar-refractivity contribution in [3.63, 3.8) is 0 Å². The smallest absolute Gasteiger partial charge is 0.243 e. The van der Waals surface area contributed by atoms with E-state index in [1.165, 1.54) is 22.7 Å². The molecule has 0 spiro atoms. The van der Waals surface area contributed by atoms with Gasteiger partial charge in [-0.05, 0) is 51.2 Å². The molecule has 1 unspecified atom stereocenters. The summed E-state index contributed by atoms with van der Waals surface area (Å²) in [5.41, 5.74) is 1.46. The van der Waals surface area contributed by atoms with Gasteiger partial charge in [0.25, 0.3) is 0 Å². The molecule has 3 rings (SSSR count). The molecule has 1 amide bonds. The van der Waals surface area contributed by atoms with Gasteiger partial charge in [-0.15, -0.1) is 0 Å². The maximum Gasteiger partial charge on any atom is 0.243 e. The van der Waals surface area contributed by atoms with Crippen molar-refractivity contribution in [3.05, 3.63) is 42.0 Å². The van der Waals surface area contributed by atoms with Gasteiger partial charge in [-0.2, -0.15) is 4.31 Å². The number of rotatable bonds is 7. The molecule has 1 atom stereocenters. The number of carbonyl (C=O) groups excluding carboxylic acids is 1. The highest BCUT2D eigenvalue weighted by atomic mass is 32.2. The van der Waals surface area contributed by atoms with Crippen LogP contribution in [0.4, 0.5) is 0 Å². The van der Waals surface area contributed by atoms with E-state index in [9.17, 15) is 13.2 Å². The van der Waals surface area contributed by atoms with Crippen molar-refractivity contribution in [1.29, 1.82) is 0 Å². The van der Waals surface area contributed by atoms with Crippen LogP contribution in [-0.2, 0) is 14.8 Å². The molecule has 1 heterocycles. The summed E-state index contributed by atoms with van der Waals surface area (Å²) in [5, 5.41) is 3.04. The lowest BCUT2D eigenvalue weighted by Gasteiger charge is -2.36. The van der Waals surface area contributed by atoms with E-state index >= 15 is 0 Å². The normalized spacial score (nSPS) is 20.4. The lowest BCUT2D eigenvalue weighted by Crippen LogP contribution is -2.54. The van der Waals surface area contributed by atoms with Gasteiger partial charge in [0.1, 0.15) is 0 Å². The number of amides is 1. The third-order valence-corrected chi connectivity index (χ3v) is 7.62. The van der Waals surface area contributed by atoms with Gasteiger partial charge in [-0.1, -0.05) is 29.8 Å². The average molecular weight is 406 g/mol. The number of hydrogen-bond donors (Lipinski definition) is 1. The molecule has 1 N–H and O–H groups in total. The van der Waals surface area contributed by atoms with Gasteiger partial charge >= 0.3 is 0 Å². The second-order valence-electron chi connectivity index (χ2n) is 7.58. The molecule has 1 saturated heterocycles. The highest BCUT2D eigenvalue weighted by Crippen LogP contribution is 2.20. The summed E-state index contributed by atoms with van der Waals surface area (Å²) in [4.78, 5) is 14.9. The average Bonchev–Trinajstić information content (AvgIpc) is 2.74. The van der Waals surface area contributed by atoms with Crippen LogP contribution >= 0.6 is 0 Å². The third-order valence-electron chi connectivity index (χ3n) is 5.71. The molecule has 0 saturated carbocycles. The molecule has 1 aliphatic heterocycles. The minimum atomic E-state index is -3.46. The van der Waals surface area contributed by atoms with Crippen LogP contribution in [0.3, 0.4) is 0 Å². The van der Waals surface area contributed by atoms with E-state index in [-0.39, 0.29) is 11.9 Å². The molecule has 0 bridgehead atoms. The van der Waals surface area contributed by atoms with Crippen LogP contribution in [0.2, 0.25) is 0 Å². The van der Waals surface area contributed by atoms with Crippen LogP contribution in [0.5, 0.6) is 0 Å². The van der Waals surface area contributed by atoms with Crippen molar-refractivity contribution >= 4 is 15.9 Å². The van der Waals surface area contributed by atoms with Crippen LogP contribution in [0.25, 0.3) is 0 Å². The Morgan fingerprint density at radius 3 is 2.46 bits per heavy atom. The number of hydrogen-bond acceptors (Lipinski definition) is 4. The summed E-state index contributed by atoms with van der Waals surface area (Å²) >= 11 is 0. The van der Waals surface area contributed by atoms with E-state index in [2.05, 4.69) is 16.3 Å². The lowest BCUT2D eigenvalue weighted by atomic mass is 9.97. The van der Waals surface area contributed by atoms with Gasteiger partial charge in [0.2, 0.25) is 15.9 Å². The second-order valence-corrected chi connectivity index (χ2v) is 9.52. The first-order valence-corrected chi connectivity index (χ1v) is 11.7. The van der Waals surface area contributed by atoms with E-state index < -0.39 is 10.0 Å². The van der Waals surface area contributed by atoms with Gasteiger partial charge in [-0.3, -0.25) is 9.69 Å². The standard InChI is InChI=1S/C21H31N3O3S/c1-18(21(25)22-13-12-19-8-4-2-5-9-19)23-14-16-24(17-15-23)28(26,27)20-10-6-3-7-11-20/h3,6-8,10-11,18H,2,4-5,9,12-17H2,1H3,(H,22,25). The molecule has 0 aromatic heterocycles. The highest BCUT2D eigenvalue weighted by Gasteiger charge is 2.31. The molecule has 6 nitrogen and oxygen atoms in total. The largest absolute Gasteiger partial charge is 0.354 e. The molecule has 1 fully saturated rings. The highest BCUT2D eigenvalue weighted by molar-refractivity contribution is 7.89. The molecule has 1 aliphatic carbocycles. The number of sulfonamides is 1. The van der Waals surface area contributed by atoms with Crippen LogP contribution in [0.15, 0.2) is 46.9 Å². The summed E-state index contributed by atoms with van der Waals surface area (Å²) < 4.78 is 26.9. The predicted octanol–water partition coefficient (Wildman–Crippen LogP) is 2.39. The maximum absolute atomic E-state index is 12.7. The Balaban J connectivity index is 1.46. The summed E-state index contributed by atoms with van der Waals surface area (Å²) in [6, 6.07) is 8.28. The lowest BCUT2D eigenvalue weighted by molar-refractivity contribution is -0.126. The molecule has 2 aliphatic rings. The molecule has 0 radical (unpaired) electrons. The van der Waals surface area contributed by atoms with E-state index in [4.69, 9.17) is 0 Å². The zero-order valence-corrected chi connectivity index (χ0v) is 17.5. The van der Waals surface area contributed by atoms with E-state index in [0.29, 0.717) is 37.6 Å². The molecule has 1 aromatic carbocycles. The Hall–Kier alpha value is -1.70. The van der Waals surface area contributed by atoms with E-state index in [1.54, 1.807) is 24.3 Å². The number of nitrogens with zero attached hydrogens (tertiary/aromatic N) is 2. The van der Waals surface area contributed by atoms with Crippen LogP contribution < -0.4 is 5.32 Å². The summed E-state index contributed by atoms with van der Waals surface area (Å²) in [6.07, 6.45) is 8.09. The van der Waals surface area contributed by atoms with Crippen molar-refractivity contribution in [1.82, 2.24) is 14.5 Å². The Bertz CT molecular complexity index is 784. The fraction of sp³-hybridized carbons (Fsp3) is 0.571. The molecule has 154 valence electrons. The van der Waals surface area contributed by atoms with Gasteiger partial charge in [0.05, 0.1) is 10.9 Å². The summed E-state index contributed by atoms with van der Waals surface area (Å²) in [6.45, 7) is 4.51. The van der Waals surface area contributed by atoms with Gasteiger partial charge in [-0.25, -0.2) is 8.42 Å². The van der Waals surface area contributed by atoms with Crippen molar-refractivity contribution in [3.8, 4) is 0 Å². The number of piperazine rings is 1. The Kier molecular flexibility index (Phi) is 7.26. The second kappa shape index (κ2) is 9.67. The number of nitrogens with one attached hydrogen (secondary N) is 1. The number of benzene rings is 1. The zero-order chi connectivity index (χ0) is 20.0. The SMILES string of the molecule is CC(C(=O)NCCC1=CCCCC1)N1CCN(S(=O)(=O)c2ccccc2)CC1. The van der Waals surface area contributed by atoms with Crippen molar-refractivity contribution in [2.45, 2.75) is 50.0 Å². The minimum absolute atomic E-state index is 0.0239. The predicted molar refractivity (Wildman–Crippen MR) is 110 cm³/mol. The monoisotopic (exact) mass is 405 g/mol. The molecule has 1 aromatic rings. The van der Waals surface area contributed by atoms with Crippen molar-refractivity contribution in [2.75, 3.05) is 32.7 Å². The van der Waals surface area contributed by atoms with Crippen LogP contribution in [-0.4, -0.2) is 62.3 Å². The number of allylic oxidation sites excluding steroid dienone is 1. The minimum Gasteiger partial charge on any atom is -0.354 e. The van der Waals surface area contributed by atoms with Gasteiger partial charge in [0.15, 0.2) is 0 Å². The first-order chi connectivity index (χ1) is 13.5. The summed E-state index contributed by atoms with van der Waals surface area (Å²) in [5.74, 6) is 0.0239. The molecular formula is C21H31N3O3S. The fourth-order valence-electron chi connectivity index (χ4n) is 3.86. The zero-order valence-electron chi connectivity index (χ0n) is 16.6. The molecule has 28 heavy (non-hydrogen) atoms. The maximum atomic E-state index is 12.7. The van der Waals surface area contributed by atoms with Crippen LogP contribution in [0.1, 0.15) is 39.0 Å². The number of carbonyl (C=O) groups is 1. The fourth-order valence-corrected chi connectivity index (χ4v) is 5.31. The third kappa shape index (κ3) is 5.21. The van der Waals surface area contributed by atoms with E-state index in [0.717, 1.165) is 19.3 Å². The Morgan fingerprint density at radius 1 is 1.11 bits per heavy atom. The Labute approximate surface area is 168 Å². The summed E-state index contributed by atoms with van der Waals surface area (Å²) in [7, 11) is -3.46.